The van der Waals surface area contributed by atoms with Gasteiger partial charge in [-0.3, -0.25) is 14.9 Å². The molecule has 0 unspecified atom stereocenters. The van der Waals surface area contributed by atoms with Crippen LogP contribution in [0.25, 0.3) is 0 Å². The third kappa shape index (κ3) is 3.29. The summed E-state index contributed by atoms with van der Waals surface area (Å²) in [5.41, 5.74) is -1.08. The van der Waals surface area contributed by atoms with Gasteiger partial charge in [-0.1, -0.05) is 11.6 Å². The van der Waals surface area contributed by atoms with Crippen molar-refractivity contribution in [3.8, 4) is 0 Å². The van der Waals surface area contributed by atoms with Crippen LogP contribution in [-0.2, 0) is 0 Å². The molecule has 0 aliphatic rings. The van der Waals surface area contributed by atoms with Crippen molar-refractivity contribution >= 4 is 28.9 Å². The van der Waals surface area contributed by atoms with E-state index in [0.29, 0.717) is 0 Å². The molecule has 0 spiro atoms. The molecule has 1 aromatic heterocycles. The van der Waals surface area contributed by atoms with E-state index in [4.69, 9.17) is 11.6 Å². The molecule has 0 saturated heterocycles. The molecule has 9 heteroatoms. The van der Waals surface area contributed by atoms with Crippen LogP contribution in [0.2, 0.25) is 5.15 Å². The van der Waals surface area contributed by atoms with E-state index >= 15 is 0 Å². The van der Waals surface area contributed by atoms with E-state index in [1.54, 1.807) is 0 Å². The van der Waals surface area contributed by atoms with Crippen molar-refractivity contribution in [1.82, 2.24) is 4.98 Å². The molecule has 0 saturated carbocycles. The lowest BCUT2D eigenvalue weighted by atomic mass is 10.2. The predicted molar refractivity (Wildman–Crippen MR) is 70.2 cm³/mol. The van der Waals surface area contributed by atoms with Crippen molar-refractivity contribution in [2.75, 3.05) is 5.32 Å². The van der Waals surface area contributed by atoms with Crippen molar-refractivity contribution < 1.29 is 18.5 Å². The molecule has 0 aliphatic heterocycles. The second-order valence-corrected chi connectivity index (χ2v) is 4.23. The molecule has 108 valence electrons. The number of halogens is 3. The van der Waals surface area contributed by atoms with Gasteiger partial charge in [-0.05, 0) is 18.2 Å². The third-order valence-electron chi connectivity index (χ3n) is 2.45. The minimum Gasteiger partial charge on any atom is -0.322 e. The number of aromatic nitrogens is 1. The zero-order valence-corrected chi connectivity index (χ0v) is 10.9. The molecule has 0 radical (unpaired) electrons. The zero-order chi connectivity index (χ0) is 15.6. The van der Waals surface area contributed by atoms with Gasteiger partial charge in [0.1, 0.15) is 11.0 Å². The maximum absolute atomic E-state index is 13.2. The summed E-state index contributed by atoms with van der Waals surface area (Å²) in [5.74, 6) is -2.63. The minimum atomic E-state index is -1.04. The molecule has 1 N–H and O–H groups in total. The Balaban J connectivity index is 2.29. The number of carbonyl (C=O) groups excluding carboxylic acids is 1. The highest BCUT2D eigenvalue weighted by Crippen LogP contribution is 2.23. The van der Waals surface area contributed by atoms with Gasteiger partial charge in [-0.25, -0.2) is 9.37 Å². The number of pyridine rings is 1. The van der Waals surface area contributed by atoms with Crippen molar-refractivity contribution in [1.29, 1.82) is 0 Å². The van der Waals surface area contributed by atoms with Gasteiger partial charge in [-0.15, -0.1) is 0 Å². The Morgan fingerprint density at radius 1 is 1.33 bits per heavy atom. The van der Waals surface area contributed by atoms with E-state index in [2.05, 4.69) is 10.3 Å². The highest BCUT2D eigenvalue weighted by atomic mass is 35.5. The van der Waals surface area contributed by atoms with Crippen molar-refractivity contribution in [2.45, 2.75) is 0 Å². The number of nitro groups is 1. The van der Waals surface area contributed by atoms with Gasteiger partial charge < -0.3 is 5.32 Å². The van der Waals surface area contributed by atoms with Crippen LogP contribution in [0.15, 0.2) is 30.5 Å². The lowest BCUT2D eigenvalue weighted by Crippen LogP contribution is -2.13. The molecular formula is C12H6ClF2N3O3. The van der Waals surface area contributed by atoms with E-state index < -0.39 is 28.2 Å². The first-order chi connectivity index (χ1) is 9.88. The molecule has 2 rings (SSSR count). The van der Waals surface area contributed by atoms with Gasteiger partial charge in [0.25, 0.3) is 5.91 Å². The fourth-order valence-corrected chi connectivity index (χ4v) is 1.70. The fourth-order valence-electron chi connectivity index (χ4n) is 1.51. The summed E-state index contributed by atoms with van der Waals surface area (Å²) in [5, 5.41) is 12.6. The summed E-state index contributed by atoms with van der Waals surface area (Å²) in [6, 6.07) is 3.66. The van der Waals surface area contributed by atoms with E-state index in [1.807, 2.05) is 0 Å². The van der Waals surface area contributed by atoms with Gasteiger partial charge in [0.15, 0.2) is 0 Å². The number of nitro benzene ring substituents is 1. The summed E-state index contributed by atoms with van der Waals surface area (Å²) in [6.45, 7) is 0. The maximum Gasteiger partial charge on any atom is 0.306 e. The summed E-state index contributed by atoms with van der Waals surface area (Å²) in [7, 11) is 0. The van der Waals surface area contributed by atoms with Gasteiger partial charge >= 0.3 is 5.69 Å². The Bertz CT molecular complexity index is 740. The molecule has 2 aromatic rings. The Kier molecular flexibility index (Phi) is 4.08. The Labute approximate surface area is 121 Å². The maximum atomic E-state index is 13.2. The molecule has 21 heavy (non-hydrogen) atoms. The van der Waals surface area contributed by atoms with Crippen LogP contribution in [0.1, 0.15) is 10.4 Å². The van der Waals surface area contributed by atoms with E-state index in [0.717, 1.165) is 30.5 Å². The smallest absolute Gasteiger partial charge is 0.306 e. The van der Waals surface area contributed by atoms with Crippen molar-refractivity contribution in [2.24, 2.45) is 0 Å². The van der Waals surface area contributed by atoms with Crippen molar-refractivity contribution in [3.63, 3.8) is 0 Å². The van der Waals surface area contributed by atoms with Crippen LogP contribution in [0.3, 0.4) is 0 Å². The quantitative estimate of drug-likeness (QED) is 0.536. The second kappa shape index (κ2) is 5.80. The highest BCUT2D eigenvalue weighted by molar-refractivity contribution is 6.33. The van der Waals surface area contributed by atoms with Crippen LogP contribution in [0, 0.1) is 21.7 Å². The van der Waals surface area contributed by atoms with Crippen LogP contribution in [0.5, 0.6) is 0 Å². The highest BCUT2D eigenvalue weighted by Gasteiger charge is 2.17. The standard InChI is InChI=1S/C12H6ClF2N3O3/c13-11-8(3-6(14)5-16-11)12(19)17-7-1-2-9(15)10(4-7)18(20)21/h1-5H,(H,17,19). The normalized spacial score (nSPS) is 10.2. The van der Waals surface area contributed by atoms with Crippen LogP contribution in [0.4, 0.5) is 20.2 Å². The molecular weight excluding hydrogens is 308 g/mol. The minimum absolute atomic E-state index is 0.0339. The molecule has 1 amide bonds. The lowest BCUT2D eigenvalue weighted by molar-refractivity contribution is -0.387. The number of nitrogens with zero attached hydrogens (tertiary/aromatic N) is 2. The molecule has 1 aromatic carbocycles. The lowest BCUT2D eigenvalue weighted by Gasteiger charge is -2.06. The zero-order valence-electron chi connectivity index (χ0n) is 10.1. The first-order valence-electron chi connectivity index (χ1n) is 5.45. The number of hydrogen-bond acceptors (Lipinski definition) is 4. The number of hydrogen-bond donors (Lipinski definition) is 1. The second-order valence-electron chi connectivity index (χ2n) is 3.87. The summed E-state index contributed by atoms with van der Waals surface area (Å²) in [4.78, 5) is 25.0. The molecule has 6 nitrogen and oxygen atoms in total. The molecule has 0 atom stereocenters. The van der Waals surface area contributed by atoms with Gasteiger partial charge in [0.2, 0.25) is 5.82 Å². The largest absolute Gasteiger partial charge is 0.322 e. The first-order valence-corrected chi connectivity index (χ1v) is 5.82. The molecule has 0 fully saturated rings. The van der Waals surface area contributed by atoms with Gasteiger partial charge in [0.05, 0.1) is 16.7 Å². The fraction of sp³-hybridized carbons (Fsp3) is 0. The number of nitrogens with one attached hydrogen (secondary N) is 1. The number of carbonyl (C=O) groups is 1. The predicted octanol–water partition coefficient (Wildman–Crippen LogP) is 3.17. The van der Waals surface area contributed by atoms with Crippen molar-refractivity contribution in [3.05, 3.63) is 62.9 Å². The first kappa shape index (κ1) is 14.8. The molecule has 0 aliphatic carbocycles. The number of rotatable bonds is 3. The summed E-state index contributed by atoms with van der Waals surface area (Å²) >= 11 is 5.66. The molecule has 0 bridgehead atoms. The van der Waals surface area contributed by atoms with E-state index in [-0.39, 0.29) is 16.4 Å². The van der Waals surface area contributed by atoms with E-state index in [9.17, 15) is 23.7 Å². The average molecular weight is 314 g/mol. The number of anilines is 1. The van der Waals surface area contributed by atoms with E-state index in [1.165, 1.54) is 0 Å². The average Bonchev–Trinajstić information content (AvgIpc) is 2.43. The van der Waals surface area contributed by atoms with Crippen LogP contribution in [-0.4, -0.2) is 15.8 Å². The Morgan fingerprint density at radius 3 is 2.71 bits per heavy atom. The third-order valence-corrected chi connectivity index (χ3v) is 2.75. The SMILES string of the molecule is O=C(Nc1ccc(F)c([N+](=O)[O-])c1)c1cc(F)cnc1Cl. The Morgan fingerprint density at radius 2 is 2.05 bits per heavy atom. The summed E-state index contributed by atoms with van der Waals surface area (Å²) in [6.07, 6.45) is 0.835. The number of amides is 1. The van der Waals surface area contributed by atoms with Gasteiger partial charge in [0, 0.05) is 11.8 Å². The summed E-state index contributed by atoms with van der Waals surface area (Å²) < 4.78 is 26.2. The topological polar surface area (TPSA) is 85.1 Å². The van der Waals surface area contributed by atoms with Crippen LogP contribution >= 0.6 is 11.6 Å². The Hall–Kier alpha value is -2.61. The number of benzene rings is 1. The van der Waals surface area contributed by atoms with Gasteiger partial charge in [-0.2, -0.15) is 4.39 Å². The van der Waals surface area contributed by atoms with Crippen LogP contribution < -0.4 is 5.32 Å². The monoisotopic (exact) mass is 313 g/mol. The molecule has 1 heterocycles.